The van der Waals surface area contributed by atoms with E-state index in [0.717, 1.165) is 24.3 Å². The molecule has 2 aromatic rings. The van der Waals surface area contributed by atoms with Crippen LogP contribution in [0, 0.1) is 0 Å². The molecule has 0 saturated carbocycles. The van der Waals surface area contributed by atoms with Gasteiger partial charge < -0.3 is 20.3 Å². The average molecular weight is 463 g/mol. The Kier molecular flexibility index (Phi) is 6.54. The molecule has 1 heterocycles. The van der Waals surface area contributed by atoms with Crippen molar-refractivity contribution in [3.63, 3.8) is 0 Å². The number of alkyl halides is 3. The summed E-state index contributed by atoms with van der Waals surface area (Å²) in [4.78, 5) is 26.4. The number of hydrogen-bond donors (Lipinski definition) is 2. The van der Waals surface area contributed by atoms with Gasteiger partial charge in [-0.05, 0) is 61.1 Å². The molecule has 6 nitrogen and oxygen atoms in total. The van der Waals surface area contributed by atoms with E-state index in [1.165, 1.54) is 7.11 Å². The summed E-state index contributed by atoms with van der Waals surface area (Å²) in [6.45, 7) is 1.77. The fourth-order valence-electron chi connectivity index (χ4n) is 3.23. The second kappa shape index (κ2) is 8.99. The Hall–Kier alpha value is -3.40. The van der Waals surface area contributed by atoms with Crippen molar-refractivity contribution in [2.24, 2.45) is 0 Å². The highest BCUT2D eigenvalue weighted by Crippen LogP contribution is 2.32. The fraction of sp³-hybridized carbons (Fsp3) is 0.227. The van der Waals surface area contributed by atoms with Gasteiger partial charge in [0.25, 0.3) is 5.91 Å². The van der Waals surface area contributed by atoms with Crippen molar-refractivity contribution in [2.75, 3.05) is 19.5 Å². The molecule has 0 fully saturated rings. The molecule has 0 aromatic heterocycles. The van der Waals surface area contributed by atoms with Gasteiger partial charge in [-0.3, -0.25) is 4.79 Å². The summed E-state index contributed by atoms with van der Waals surface area (Å²) in [5.74, 6) is -1.04. The maximum absolute atomic E-state index is 12.7. The SMILES string of the molecule is COC(=O)C1=C(C)N(C)C(=S)NC1c1ccc(NC(=O)c2ccc(C(F)(F)F)cc2)cc1. The van der Waals surface area contributed by atoms with E-state index >= 15 is 0 Å². The molecule has 0 aliphatic carbocycles. The van der Waals surface area contributed by atoms with Gasteiger partial charge in [-0.25, -0.2) is 4.79 Å². The summed E-state index contributed by atoms with van der Waals surface area (Å²) in [5, 5.41) is 6.18. The molecule has 2 N–H and O–H groups in total. The number of nitrogens with zero attached hydrogens (tertiary/aromatic N) is 1. The minimum atomic E-state index is -4.47. The quantitative estimate of drug-likeness (QED) is 0.522. The lowest BCUT2D eigenvalue weighted by Gasteiger charge is -2.35. The van der Waals surface area contributed by atoms with Crippen molar-refractivity contribution in [3.05, 3.63) is 76.5 Å². The number of esters is 1. The number of thiocarbonyl (C=S) groups is 1. The molecule has 3 rings (SSSR count). The van der Waals surface area contributed by atoms with Crippen molar-refractivity contribution in [2.45, 2.75) is 19.1 Å². The van der Waals surface area contributed by atoms with E-state index in [-0.39, 0.29) is 5.56 Å². The lowest BCUT2D eigenvalue weighted by Crippen LogP contribution is -2.46. The Balaban J connectivity index is 1.79. The van der Waals surface area contributed by atoms with Crippen LogP contribution in [-0.2, 0) is 15.7 Å². The molecule has 0 bridgehead atoms. The van der Waals surface area contributed by atoms with Crippen molar-refractivity contribution >= 4 is 34.9 Å². The molecule has 0 spiro atoms. The third kappa shape index (κ3) is 4.75. The Bertz CT molecular complexity index is 1080. The number of rotatable bonds is 4. The first kappa shape index (κ1) is 23.3. The van der Waals surface area contributed by atoms with Crippen LogP contribution in [0.5, 0.6) is 0 Å². The number of anilines is 1. The Morgan fingerprint density at radius 3 is 2.22 bits per heavy atom. The molecule has 1 atom stereocenters. The summed E-state index contributed by atoms with van der Waals surface area (Å²) in [6.07, 6.45) is -4.47. The van der Waals surface area contributed by atoms with E-state index in [9.17, 15) is 22.8 Å². The van der Waals surface area contributed by atoms with Crippen LogP contribution < -0.4 is 10.6 Å². The maximum atomic E-state index is 12.7. The van der Waals surface area contributed by atoms with E-state index in [1.54, 1.807) is 43.1 Å². The molecule has 2 aromatic carbocycles. The largest absolute Gasteiger partial charge is 0.466 e. The van der Waals surface area contributed by atoms with Gasteiger partial charge in [0.2, 0.25) is 0 Å². The third-order valence-corrected chi connectivity index (χ3v) is 5.53. The highest BCUT2D eigenvalue weighted by Gasteiger charge is 2.33. The summed E-state index contributed by atoms with van der Waals surface area (Å²) in [6, 6.07) is 10.1. The van der Waals surface area contributed by atoms with Crippen molar-refractivity contribution in [3.8, 4) is 0 Å². The Morgan fingerprint density at radius 1 is 1.09 bits per heavy atom. The zero-order valence-electron chi connectivity index (χ0n) is 17.4. The van der Waals surface area contributed by atoms with E-state index in [1.807, 2.05) is 0 Å². The topological polar surface area (TPSA) is 70.7 Å². The molecular formula is C22H20F3N3O3S. The van der Waals surface area contributed by atoms with Gasteiger partial charge in [0, 0.05) is 24.0 Å². The van der Waals surface area contributed by atoms with E-state index in [2.05, 4.69) is 10.6 Å². The van der Waals surface area contributed by atoms with Crippen LogP contribution in [0.3, 0.4) is 0 Å². The number of amides is 1. The second-order valence-corrected chi connectivity index (χ2v) is 7.47. The number of benzene rings is 2. The second-order valence-electron chi connectivity index (χ2n) is 7.08. The van der Waals surface area contributed by atoms with Gasteiger partial charge in [0.1, 0.15) is 0 Å². The monoisotopic (exact) mass is 463 g/mol. The zero-order chi connectivity index (χ0) is 23.6. The summed E-state index contributed by atoms with van der Waals surface area (Å²) >= 11 is 5.33. The molecule has 10 heteroatoms. The van der Waals surface area contributed by atoms with Crippen LogP contribution >= 0.6 is 12.2 Å². The van der Waals surface area contributed by atoms with Crippen molar-refractivity contribution in [1.82, 2.24) is 10.2 Å². The number of nitrogens with one attached hydrogen (secondary N) is 2. The van der Waals surface area contributed by atoms with Gasteiger partial charge in [-0.15, -0.1) is 0 Å². The summed E-state index contributed by atoms with van der Waals surface area (Å²) in [7, 11) is 3.04. The number of halogens is 3. The number of carbonyl (C=O) groups is 2. The van der Waals surface area contributed by atoms with Crippen molar-refractivity contribution in [1.29, 1.82) is 0 Å². The van der Waals surface area contributed by atoms with Crippen LogP contribution in [0.2, 0.25) is 0 Å². The Morgan fingerprint density at radius 2 is 1.69 bits per heavy atom. The minimum absolute atomic E-state index is 0.0935. The molecular weight excluding hydrogens is 443 g/mol. The number of ether oxygens (including phenoxy) is 1. The summed E-state index contributed by atoms with van der Waals surface area (Å²) in [5.41, 5.74) is 1.49. The van der Waals surface area contributed by atoms with Gasteiger partial charge in [0.05, 0.1) is 24.3 Å². The molecule has 1 aliphatic heterocycles. The number of allylic oxidation sites excluding steroid dienone is 1. The molecule has 0 radical (unpaired) electrons. The normalized spacial score (nSPS) is 16.5. The van der Waals surface area contributed by atoms with Gasteiger partial charge in [-0.2, -0.15) is 13.2 Å². The molecule has 1 amide bonds. The third-order valence-electron chi connectivity index (χ3n) is 5.14. The summed E-state index contributed by atoms with van der Waals surface area (Å²) < 4.78 is 43.0. The zero-order valence-corrected chi connectivity index (χ0v) is 18.2. The molecule has 168 valence electrons. The smallest absolute Gasteiger partial charge is 0.416 e. The van der Waals surface area contributed by atoms with E-state index < -0.39 is 29.7 Å². The molecule has 0 saturated heterocycles. The first-order chi connectivity index (χ1) is 15.0. The predicted molar refractivity (Wildman–Crippen MR) is 117 cm³/mol. The first-order valence-corrected chi connectivity index (χ1v) is 9.85. The highest BCUT2D eigenvalue weighted by molar-refractivity contribution is 7.80. The standard InChI is InChI=1S/C22H20F3N3O3S/c1-12-17(20(30)31-3)18(27-21(32)28(12)2)13-6-10-16(11-7-13)26-19(29)14-4-8-15(9-5-14)22(23,24)25/h4-11,18H,1-3H3,(H,26,29)(H,27,32). The molecule has 1 unspecified atom stereocenters. The van der Waals surface area contributed by atoms with Crippen LogP contribution in [0.15, 0.2) is 59.8 Å². The fourth-order valence-corrected chi connectivity index (χ4v) is 3.49. The number of hydrogen-bond acceptors (Lipinski definition) is 4. The Labute approximate surface area is 188 Å². The lowest BCUT2D eigenvalue weighted by molar-refractivity contribution is -0.138. The first-order valence-electron chi connectivity index (χ1n) is 9.44. The average Bonchev–Trinajstić information content (AvgIpc) is 2.76. The highest BCUT2D eigenvalue weighted by atomic mass is 32.1. The van der Waals surface area contributed by atoms with Crippen LogP contribution in [0.1, 0.15) is 34.5 Å². The van der Waals surface area contributed by atoms with Crippen LogP contribution in [0.4, 0.5) is 18.9 Å². The van der Waals surface area contributed by atoms with Gasteiger partial charge in [0.15, 0.2) is 5.11 Å². The van der Waals surface area contributed by atoms with E-state index in [0.29, 0.717) is 27.6 Å². The predicted octanol–water partition coefficient (Wildman–Crippen LogP) is 4.27. The van der Waals surface area contributed by atoms with Gasteiger partial charge in [-0.1, -0.05) is 12.1 Å². The number of methoxy groups -OCH3 is 1. The van der Waals surface area contributed by atoms with Crippen LogP contribution in [0.25, 0.3) is 0 Å². The minimum Gasteiger partial charge on any atom is -0.466 e. The number of carbonyl (C=O) groups excluding carboxylic acids is 2. The van der Waals surface area contributed by atoms with Gasteiger partial charge >= 0.3 is 12.1 Å². The molecule has 1 aliphatic rings. The molecule has 32 heavy (non-hydrogen) atoms. The maximum Gasteiger partial charge on any atom is 0.416 e. The van der Waals surface area contributed by atoms with Crippen LogP contribution in [-0.4, -0.2) is 36.0 Å². The van der Waals surface area contributed by atoms with E-state index in [4.69, 9.17) is 17.0 Å². The van der Waals surface area contributed by atoms with Crippen molar-refractivity contribution < 1.29 is 27.5 Å². The lowest BCUT2D eigenvalue weighted by atomic mass is 9.95.